The number of carbonyl (C=O) groups is 6. The van der Waals surface area contributed by atoms with E-state index in [1.807, 2.05) is 0 Å². The van der Waals surface area contributed by atoms with Gasteiger partial charge in [-0.2, -0.15) is 0 Å². The molecule has 0 aromatic heterocycles. The van der Waals surface area contributed by atoms with Gasteiger partial charge in [-0.1, -0.05) is 0 Å². The van der Waals surface area contributed by atoms with Gasteiger partial charge in [0.1, 0.15) is 34.7 Å². The van der Waals surface area contributed by atoms with Gasteiger partial charge in [0.2, 0.25) is 0 Å². The smallest absolute Gasteiger partial charge is 0.300 e. The van der Waals surface area contributed by atoms with E-state index in [9.17, 15) is 28.8 Å². The first-order valence-corrected chi connectivity index (χ1v) is 6.35. The molecule has 0 heterocycles. The van der Waals surface area contributed by atoms with Crippen LogP contribution in [0.25, 0.3) is 0 Å². The molecule has 0 aromatic rings. The molecule has 0 saturated heterocycles. The molecule has 0 amide bonds. The molecule has 0 atom stereocenters. The third-order valence-corrected chi connectivity index (χ3v) is 1.49. The zero-order valence-electron chi connectivity index (χ0n) is 14.1. The van der Waals surface area contributed by atoms with Crippen LogP contribution < -0.4 is 0 Å². The average molecular weight is 415 g/mol. The predicted molar refractivity (Wildman–Crippen MR) is 83.7 cm³/mol. The van der Waals surface area contributed by atoms with Crippen LogP contribution in [0.1, 0.15) is 60.8 Å². The number of hydrogen-bond acceptors (Lipinski definition) is 6. The number of rotatable bonds is 6. The van der Waals surface area contributed by atoms with E-state index >= 15 is 0 Å². The monoisotopic (exact) mass is 415 g/mol. The Hall–Kier alpha value is -1.11. The van der Waals surface area contributed by atoms with Crippen molar-refractivity contribution in [1.82, 2.24) is 0 Å². The van der Waals surface area contributed by atoms with Crippen molar-refractivity contribution in [2.24, 2.45) is 0 Å². The van der Waals surface area contributed by atoms with Gasteiger partial charge in [-0.05, 0) is 41.5 Å². The molecule has 0 radical (unpaired) electrons. The number of carbonyl (C=O) groups excluding carboxylic acids is 6. The van der Waals surface area contributed by atoms with Crippen LogP contribution in [0.3, 0.4) is 0 Å². The fourth-order valence-corrected chi connectivity index (χ4v) is 1.05. The molecule has 120 valence electrons. The summed E-state index contributed by atoms with van der Waals surface area (Å²) >= 11 is 0. The molecule has 0 aromatic carbocycles. The van der Waals surface area contributed by atoms with Gasteiger partial charge < -0.3 is 0 Å². The van der Waals surface area contributed by atoms with E-state index in [1.54, 1.807) is 0 Å². The number of ketones is 6. The molecule has 0 spiro atoms. The maximum absolute atomic E-state index is 10.0. The van der Waals surface area contributed by atoms with Crippen LogP contribution in [0.5, 0.6) is 0 Å². The average Bonchev–Trinajstić information content (AvgIpc) is 2.10. The third-order valence-electron chi connectivity index (χ3n) is 1.49. The molecule has 0 aliphatic heterocycles. The van der Waals surface area contributed by atoms with Crippen molar-refractivity contribution in [1.29, 1.82) is 0 Å². The molecule has 22 heavy (non-hydrogen) atoms. The second-order valence-corrected chi connectivity index (χ2v) is 4.74. The van der Waals surface area contributed by atoms with Gasteiger partial charge in [0, 0.05) is 0 Å². The minimum Gasteiger partial charge on any atom is -0.300 e. The summed E-state index contributed by atoms with van der Waals surface area (Å²) in [6, 6.07) is 0. The molecule has 0 unspecified atom stereocenters. The molecule has 0 aliphatic rings. The van der Waals surface area contributed by atoms with Crippen LogP contribution in [-0.2, 0) is 28.8 Å². The van der Waals surface area contributed by atoms with Crippen molar-refractivity contribution in [3.63, 3.8) is 0 Å². The fraction of sp³-hybridized carbons (Fsp3) is 0.600. The summed E-state index contributed by atoms with van der Waals surface area (Å²) in [5.41, 5.74) is 0. The molecule has 7 heteroatoms. The summed E-state index contributed by atoms with van der Waals surface area (Å²) in [4.78, 5) is 60.2. The van der Waals surface area contributed by atoms with Crippen molar-refractivity contribution < 1.29 is 28.8 Å². The summed E-state index contributed by atoms with van der Waals surface area (Å²) in [6.07, 6.45) is 0.250. The molecule has 0 fully saturated rings. The summed E-state index contributed by atoms with van der Waals surface area (Å²) in [7, 11) is 0. The predicted octanol–water partition coefficient (Wildman–Crippen LogP) is 1.28. The van der Waals surface area contributed by atoms with Gasteiger partial charge in [0.15, 0.2) is 0 Å². The van der Waals surface area contributed by atoms with Crippen molar-refractivity contribution in [3.05, 3.63) is 0 Å². The van der Waals surface area contributed by atoms with E-state index < -0.39 is 0 Å². The zero-order valence-corrected chi connectivity index (χ0v) is 17.4. The first-order valence-electron chi connectivity index (χ1n) is 6.35. The Balaban J connectivity index is -0.000000108. The summed E-state index contributed by atoms with van der Waals surface area (Å²) < 4.78 is 0. The Kier molecular flexibility index (Phi) is 23.6. The first-order chi connectivity index (χ1) is 9.38. The molecular formula is C15H24InO6+3. The second kappa shape index (κ2) is 17.9. The topological polar surface area (TPSA) is 102 Å². The third kappa shape index (κ3) is 51.0. The van der Waals surface area contributed by atoms with Gasteiger partial charge >= 0.3 is 25.8 Å². The summed E-state index contributed by atoms with van der Waals surface area (Å²) in [5, 5.41) is 0. The molecule has 0 N–H and O–H groups in total. The summed E-state index contributed by atoms with van der Waals surface area (Å²) in [6.45, 7) is 8.42. The van der Waals surface area contributed by atoms with Crippen LogP contribution in [0.4, 0.5) is 0 Å². The minimum atomic E-state index is -0.0625. The maximum atomic E-state index is 10.0. The van der Waals surface area contributed by atoms with Gasteiger partial charge in [0.25, 0.3) is 0 Å². The van der Waals surface area contributed by atoms with E-state index in [2.05, 4.69) is 0 Å². The molecule has 0 rings (SSSR count). The van der Waals surface area contributed by atoms with Crippen LogP contribution in [0.2, 0.25) is 0 Å². The van der Waals surface area contributed by atoms with Crippen LogP contribution in [0, 0.1) is 0 Å². The fourth-order valence-electron chi connectivity index (χ4n) is 1.05. The molecule has 0 aliphatic carbocycles. The Morgan fingerprint density at radius 2 is 0.500 bits per heavy atom. The Bertz CT molecular complexity index is 314. The van der Waals surface area contributed by atoms with Crippen molar-refractivity contribution >= 4 is 60.5 Å². The Morgan fingerprint density at radius 3 is 0.500 bits per heavy atom. The zero-order chi connectivity index (χ0) is 17.6. The van der Waals surface area contributed by atoms with Crippen LogP contribution in [-0.4, -0.2) is 60.5 Å². The van der Waals surface area contributed by atoms with E-state index in [1.165, 1.54) is 41.5 Å². The standard InChI is InChI=1S/3C5H8O2.In/c3*1-4(6)3-5(2)7;/h3*3H2,1-2H3;/q;;;+3. The van der Waals surface area contributed by atoms with Crippen molar-refractivity contribution in [2.45, 2.75) is 60.8 Å². The minimum absolute atomic E-state index is 0. The number of Topliss-reactive ketones (excluding diaryl/α,β-unsaturated/α-hetero) is 6. The SMILES string of the molecule is CC(=O)CC(C)=O.CC(=O)CC(C)=O.CC(=O)CC(C)=O.[In+3]. The van der Waals surface area contributed by atoms with Crippen molar-refractivity contribution in [3.8, 4) is 0 Å². The molecule has 0 saturated carbocycles. The quantitative estimate of drug-likeness (QED) is 0.606. The van der Waals surface area contributed by atoms with Gasteiger partial charge in [0.05, 0.1) is 19.3 Å². The number of hydrogen-bond donors (Lipinski definition) is 0. The molecular weight excluding hydrogens is 391 g/mol. The van der Waals surface area contributed by atoms with Crippen molar-refractivity contribution in [2.75, 3.05) is 0 Å². The van der Waals surface area contributed by atoms with Gasteiger partial charge in [-0.25, -0.2) is 0 Å². The maximum Gasteiger partial charge on any atom is 3.00 e. The normalized spacial score (nSPS) is 7.91. The molecule has 6 nitrogen and oxygen atoms in total. The van der Waals surface area contributed by atoms with E-state index in [4.69, 9.17) is 0 Å². The van der Waals surface area contributed by atoms with Crippen LogP contribution in [0.15, 0.2) is 0 Å². The summed E-state index contributed by atoms with van der Waals surface area (Å²) in [5.74, 6) is -0.375. The molecule has 0 bridgehead atoms. The largest absolute Gasteiger partial charge is 3.00 e. The van der Waals surface area contributed by atoms with Gasteiger partial charge in [-0.15, -0.1) is 0 Å². The van der Waals surface area contributed by atoms with E-state index in [-0.39, 0.29) is 79.8 Å². The first kappa shape index (κ1) is 29.0. The van der Waals surface area contributed by atoms with E-state index in [0.29, 0.717) is 0 Å². The second-order valence-electron chi connectivity index (χ2n) is 4.74. The Morgan fingerprint density at radius 1 is 0.409 bits per heavy atom. The van der Waals surface area contributed by atoms with Gasteiger partial charge in [-0.3, -0.25) is 28.8 Å². The van der Waals surface area contributed by atoms with Crippen LogP contribution >= 0.6 is 0 Å². The van der Waals surface area contributed by atoms with E-state index in [0.717, 1.165) is 0 Å². The Labute approximate surface area is 150 Å².